The fourth-order valence-corrected chi connectivity index (χ4v) is 4.59. The van der Waals surface area contributed by atoms with Gasteiger partial charge in [-0.25, -0.2) is 13.2 Å². The van der Waals surface area contributed by atoms with Crippen molar-refractivity contribution < 1.29 is 17.7 Å². The molecule has 0 spiro atoms. The molecule has 4 heterocycles. The van der Waals surface area contributed by atoms with Crippen LogP contribution in [0.15, 0.2) is 77.6 Å². The highest BCUT2D eigenvalue weighted by Gasteiger charge is 2.34. The maximum atomic E-state index is 14.7. The Labute approximate surface area is 216 Å². The number of para-hydroxylation sites is 1. The van der Waals surface area contributed by atoms with Gasteiger partial charge in [0.1, 0.15) is 11.5 Å². The van der Waals surface area contributed by atoms with Crippen molar-refractivity contribution in [3.05, 3.63) is 95.9 Å². The van der Waals surface area contributed by atoms with E-state index in [1.807, 2.05) is 29.2 Å². The van der Waals surface area contributed by atoms with Crippen LogP contribution in [-0.2, 0) is 6.54 Å². The highest BCUT2D eigenvalue weighted by atomic mass is 19.3. The van der Waals surface area contributed by atoms with Crippen molar-refractivity contribution in [1.82, 2.24) is 31.0 Å². The number of nitrogens with one attached hydrogen (secondary N) is 2. The molecule has 1 saturated heterocycles. The Hall–Kier alpha value is -4.22. The average Bonchev–Trinajstić information content (AvgIpc) is 3.59. The van der Waals surface area contributed by atoms with E-state index in [0.29, 0.717) is 42.5 Å². The molecule has 194 valence electrons. The lowest BCUT2D eigenvalue weighted by atomic mass is 10.1. The summed E-state index contributed by atoms with van der Waals surface area (Å²) in [5.74, 6) is -2.35. The molecule has 38 heavy (non-hydrogen) atoms. The first-order valence-corrected chi connectivity index (χ1v) is 12.2. The predicted octanol–water partition coefficient (Wildman–Crippen LogP) is 4.86. The number of piperidine rings is 1. The second-order valence-electron chi connectivity index (χ2n) is 9.24. The number of aromatic nitrogens is 3. The summed E-state index contributed by atoms with van der Waals surface area (Å²) in [4.78, 5) is 10.7. The highest BCUT2D eigenvalue weighted by Crippen LogP contribution is 2.35. The topological polar surface area (TPSA) is 82.4 Å². The monoisotopic (exact) mass is 519 g/mol. The van der Waals surface area contributed by atoms with E-state index in [0.717, 1.165) is 16.7 Å². The number of alkyl halides is 2. The summed E-state index contributed by atoms with van der Waals surface area (Å²) in [6.45, 7) is 1.36. The average molecular weight is 520 g/mol. The van der Waals surface area contributed by atoms with Crippen LogP contribution in [0.1, 0.15) is 29.9 Å². The normalized spacial score (nSPS) is 17.6. The fraction of sp³-hybridized carbons (Fsp3) is 0.222. The summed E-state index contributed by atoms with van der Waals surface area (Å²) in [5, 5.41) is 5.73. The zero-order valence-corrected chi connectivity index (χ0v) is 20.2. The van der Waals surface area contributed by atoms with Crippen LogP contribution in [0, 0.1) is 5.82 Å². The van der Waals surface area contributed by atoms with Crippen LogP contribution in [0.5, 0.6) is 0 Å². The molecule has 0 amide bonds. The highest BCUT2D eigenvalue weighted by molar-refractivity contribution is 5.96. The van der Waals surface area contributed by atoms with Crippen molar-refractivity contribution in [2.45, 2.75) is 25.3 Å². The van der Waals surface area contributed by atoms with Gasteiger partial charge in [-0.1, -0.05) is 41.6 Å². The minimum Gasteiger partial charge on any atom is -0.332 e. The molecule has 2 aliphatic heterocycles. The Balaban J connectivity index is 1.26. The Bertz CT molecular complexity index is 1450. The SMILES string of the molecule is Fc1ccccc1N1NNC(c2nc(-c3ccc(CN4CCC(F)(F)CC4)cc3)no2)=C1c1ccncc1. The van der Waals surface area contributed by atoms with E-state index >= 15 is 0 Å². The fourth-order valence-electron chi connectivity index (χ4n) is 4.59. The molecular weight excluding hydrogens is 495 g/mol. The number of pyridine rings is 1. The second kappa shape index (κ2) is 9.92. The van der Waals surface area contributed by atoms with Crippen LogP contribution >= 0.6 is 0 Å². The zero-order valence-electron chi connectivity index (χ0n) is 20.2. The van der Waals surface area contributed by atoms with Gasteiger partial charge in [-0.2, -0.15) is 4.98 Å². The first-order chi connectivity index (χ1) is 18.5. The number of rotatable bonds is 6. The van der Waals surface area contributed by atoms with E-state index in [1.165, 1.54) is 6.07 Å². The van der Waals surface area contributed by atoms with Crippen LogP contribution < -0.4 is 16.0 Å². The maximum Gasteiger partial charge on any atom is 0.277 e. The lowest BCUT2D eigenvalue weighted by Crippen LogP contribution is -2.38. The lowest BCUT2D eigenvalue weighted by Gasteiger charge is -2.31. The molecule has 2 aromatic carbocycles. The lowest BCUT2D eigenvalue weighted by molar-refractivity contribution is -0.0566. The minimum atomic E-state index is -2.56. The minimum absolute atomic E-state index is 0.106. The molecule has 4 aromatic rings. The van der Waals surface area contributed by atoms with E-state index < -0.39 is 11.7 Å². The van der Waals surface area contributed by atoms with Gasteiger partial charge in [0.25, 0.3) is 11.8 Å². The third-order valence-electron chi connectivity index (χ3n) is 6.65. The molecule has 8 nitrogen and oxygen atoms in total. The zero-order chi connectivity index (χ0) is 26.1. The standard InChI is InChI=1S/C27H24F3N7O/c28-21-3-1-2-4-22(21)37-24(19-9-13-31-14-10-19)23(33-35-37)26-32-25(34-38-26)20-7-5-18(6-8-20)17-36-15-11-27(29,30)12-16-36/h1-10,13-14,33,35H,11-12,15-17H2. The van der Waals surface area contributed by atoms with E-state index in [4.69, 9.17) is 4.52 Å². The molecule has 0 bridgehead atoms. The second-order valence-corrected chi connectivity index (χ2v) is 9.24. The summed E-state index contributed by atoms with van der Waals surface area (Å²) in [5.41, 5.74) is 9.93. The molecule has 6 rings (SSSR count). The summed E-state index contributed by atoms with van der Waals surface area (Å²) in [6, 6.07) is 17.7. The van der Waals surface area contributed by atoms with Gasteiger partial charge in [0.05, 0.1) is 11.4 Å². The molecule has 0 radical (unpaired) electrons. The number of hydrogen-bond donors (Lipinski definition) is 2. The number of benzene rings is 2. The first-order valence-electron chi connectivity index (χ1n) is 12.2. The van der Waals surface area contributed by atoms with Crippen LogP contribution in [-0.4, -0.2) is 39.0 Å². The molecule has 2 aliphatic rings. The van der Waals surface area contributed by atoms with Gasteiger partial charge in [-0.3, -0.25) is 20.3 Å². The Morgan fingerprint density at radius 1 is 0.921 bits per heavy atom. The molecule has 1 fully saturated rings. The number of hydrogen-bond acceptors (Lipinski definition) is 8. The molecule has 2 aromatic heterocycles. The van der Waals surface area contributed by atoms with Gasteiger partial charge >= 0.3 is 0 Å². The number of hydrazine groups is 2. The molecule has 0 atom stereocenters. The smallest absolute Gasteiger partial charge is 0.277 e. The van der Waals surface area contributed by atoms with Crippen LogP contribution in [0.3, 0.4) is 0 Å². The Morgan fingerprint density at radius 2 is 1.66 bits per heavy atom. The first kappa shape index (κ1) is 24.1. The Morgan fingerprint density at radius 3 is 2.39 bits per heavy atom. The molecular formula is C27H24F3N7O. The van der Waals surface area contributed by atoms with Crippen molar-refractivity contribution in [3.63, 3.8) is 0 Å². The van der Waals surface area contributed by atoms with E-state index in [9.17, 15) is 13.2 Å². The van der Waals surface area contributed by atoms with Crippen molar-refractivity contribution >= 4 is 17.1 Å². The quantitative estimate of drug-likeness (QED) is 0.374. The number of nitrogens with zero attached hydrogens (tertiary/aromatic N) is 5. The summed E-state index contributed by atoms with van der Waals surface area (Å²) in [6.07, 6.45) is 3.08. The van der Waals surface area contributed by atoms with Gasteiger partial charge in [0.2, 0.25) is 5.82 Å². The largest absolute Gasteiger partial charge is 0.332 e. The Kier molecular flexibility index (Phi) is 6.30. The van der Waals surface area contributed by atoms with E-state index in [2.05, 4.69) is 26.1 Å². The molecule has 11 heteroatoms. The van der Waals surface area contributed by atoms with Crippen molar-refractivity contribution in [2.24, 2.45) is 0 Å². The van der Waals surface area contributed by atoms with Crippen molar-refractivity contribution in [3.8, 4) is 11.4 Å². The number of halogens is 3. The summed E-state index contributed by atoms with van der Waals surface area (Å²) < 4.78 is 47.1. The molecule has 2 N–H and O–H groups in total. The summed E-state index contributed by atoms with van der Waals surface area (Å²) in [7, 11) is 0. The molecule has 0 unspecified atom stereocenters. The number of anilines is 1. The third kappa shape index (κ3) is 4.85. The molecule has 0 aliphatic carbocycles. The van der Waals surface area contributed by atoms with Crippen LogP contribution in [0.25, 0.3) is 22.8 Å². The van der Waals surface area contributed by atoms with Gasteiger partial charge < -0.3 is 4.52 Å². The molecule has 0 saturated carbocycles. The van der Waals surface area contributed by atoms with Crippen molar-refractivity contribution in [1.29, 1.82) is 0 Å². The van der Waals surface area contributed by atoms with Gasteiger partial charge in [0.15, 0.2) is 0 Å². The number of likely N-dealkylation sites (tertiary alicyclic amines) is 1. The van der Waals surface area contributed by atoms with Gasteiger partial charge in [0, 0.05) is 56.0 Å². The third-order valence-corrected chi connectivity index (χ3v) is 6.65. The van der Waals surface area contributed by atoms with Crippen molar-refractivity contribution in [2.75, 3.05) is 18.1 Å². The van der Waals surface area contributed by atoms with E-state index in [1.54, 1.807) is 47.7 Å². The summed E-state index contributed by atoms with van der Waals surface area (Å²) >= 11 is 0. The van der Waals surface area contributed by atoms with Gasteiger partial charge in [-0.05, 0) is 29.8 Å². The van der Waals surface area contributed by atoms with Crippen LogP contribution in [0.2, 0.25) is 0 Å². The van der Waals surface area contributed by atoms with E-state index in [-0.39, 0.29) is 18.7 Å². The maximum absolute atomic E-state index is 14.7. The van der Waals surface area contributed by atoms with Gasteiger partial charge in [-0.15, -0.1) is 5.53 Å². The van der Waals surface area contributed by atoms with Crippen LogP contribution in [0.4, 0.5) is 18.9 Å². The predicted molar refractivity (Wildman–Crippen MR) is 135 cm³/mol.